The van der Waals surface area contributed by atoms with Crippen molar-refractivity contribution in [2.45, 2.75) is 52.4 Å². The Kier molecular flexibility index (Phi) is 9.69. The van der Waals surface area contributed by atoms with Crippen LogP contribution in [0.5, 0.6) is 0 Å². The number of aldehydes is 1. The van der Waals surface area contributed by atoms with E-state index in [1.165, 1.54) is 43.2 Å². The molecule has 0 spiro atoms. The lowest BCUT2D eigenvalue weighted by molar-refractivity contribution is 0.112. The predicted molar refractivity (Wildman–Crippen MR) is 95.5 cm³/mol. The molecule has 0 unspecified atom stereocenters. The van der Waals surface area contributed by atoms with Gasteiger partial charge in [-0.3, -0.25) is 4.79 Å². The van der Waals surface area contributed by atoms with Crippen LogP contribution in [0.4, 0.5) is 0 Å². The van der Waals surface area contributed by atoms with E-state index >= 15 is 0 Å². The Labute approximate surface area is 135 Å². The highest BCUT2D eigenvalue weighted by atomic mass is 16.1. The average Bonchev–Trinajstić information content (AvgIpc) is 2.60. The van der Waals surface area contributed by atoms with Gasteiger partial charge in [-0.15, -0.1) is 0 Å². The van der Waals surface area contributed by atoms with E-state index in [1.807, 2.05) is 24.3 Å². The third-order valence-corrected chi connectivity index (χ3v) is 3.60. The number of unbranched alkanes of at least 4 members (excludes halogenated alkanes) is 2. The minimum Gasteiger partial charge on any atom is -0.298 e. The van der Waals surface area contributed by atoms with Crippen LogP contribution in [0.3, 0.4) is 0 Å². The topological polar surface area (TPSA) is 17.1 Å². The van der Waals surface area contributed by atoms with Gasteiger partial charge in [0.05, 0.1) is 0 Å². The van der Waals surface area contributed by atoms with Crippen LogP contribution in [0.15, 0.2) is 54.6 Å². The Morgan fingerprint density at radius 2 is 1.23 bits per heavy atom. The quantitative estimate of drug-likeness (QED) is 0.584. The van der Waals surface area contributed by atoms with Gasteiger partial charge in [-0.25, -0.2) is 0 Å². The van der Waals surface area contributed by atoms with Gasteiger partial charge in [0.2, 0.25) is 0 Å². The standard InChI is InChI=1S/C11H14O.C10H14/c1-2-3-4-10-5-7-11(9-12)8-6-10;1-2-3-7-10-8-5-4-6-9-10/h5-9H,2-4H2,1H3;4-6,8-9H,2-3,7H2,1H3. The maximum Gasteiger partial charge on any atom is 0.150 e. The van der Waals surface area contributed by atoms with E-state index in [1.54, 1.807) is 0 Å². The Balaban J connectivity index is 0.000000224. The lowest BCUT2D eigenvalue weighted by atomic mass is 10.1. The molecule has 0 saturated heterocycles. The van der Waals surface area contributed by atoms with E-state index in [4.69, 9.17) is 0 Å². The van der Waals surface area contributed by atoms with Crippen LogP contribution in [0.25, 0.3) is 0 Å². The van der Waals surface area contributed by atoms with Crippen LogP contribution >= 0.6 is 0 Å². The van der Waals surface area contributed by atoms with E-state index in [-0.39, 0.29) is 0 Å². The Morgan fingerprint density at radius 3 is 1.68 bits per heavy atom. The van der Waals surface area contributed by atoms with Crippen LogP contribution < -0.4 is 0 Å². The van der Waals surface area contributed by atoms with Crippen molar-refractivity contribution in [2.24, 2.45) is 0 Å². The van der Waals surface area contributed by atoms with E-state index in [0.29, 0.717) is 0 Å². The van der Waals surface area contributed by atoms with Crippen LogP contribution in [-0.4, -0.2) is 6.29 Å². The fraction of sp³-hybridized carbons (Fsp3) is 0.381. The molecular weight excluding hydrogens is 268 g/mol. The van der Waals surface area contributed by atoms with Gasteiger partial charge in [-0.05, 0) is 36.8 Å². The van der Waals surface area contributed by atoms with Gasteiger partial charge in [0, 0.05) is 5.56 Å². The number of hydrogen-bond donors (Lipinski definition) is 0. The fourth-order valence-corrected chi connectivity index (χ4v) is 2.17. The highest BCUT2D eigenvalue weighted by Gasteiger charge is 1.92. The first-order chi connectivity index (χ1) is 10.8. The summed E-state index contributed by atoms with van der Waals surface area (Å²) in [5, 5.41) is 0. The Morgan fingerprint density at radius 1 is 0.727 bits per heavy atom. The summed E-state index contributed by atoms with van der Waals surface area (Å²) in [4.78, 5) is 10.3. The lowest BCUT2D eigenvalue weighted by Crippen LogP contribution is -1.85. The second-order valence-electron chi connectivity index (χ2n) is 5.55. The molecule has 0 N–H and O–H groups in total. The molecule has 2 aromatic carbocycles. The zero-order valence-electron chi connectivity index (χ0n) is 13.9. The van der Waals surface area contributed by atoms with E-state index in [9.17, 15) is 4.79 Å². The molecule has 22 heavy (non-hydrogen) atoms. The summed E-state index contributed by atoms with van der Waals surface area (Å²) in [6, 6.07) is 18.4. The summed E-state index contributed by atoms with van der Waals surface area (Å²) in [5.74, 6) is 0. The molecule has 118 valence electrons. The summed E-state index contributed by atoms with van der Waals surface area (Å²) in [7, 11) is 0. The Bertz CT molecular complexity index is 499. The third kappa shape index (κ3) is 7.78. The van der Waals surface area contributed by atoms with Gasteiger partial charge >= 0.3 is 0 Å². The smallest absolute Gasteiger partial charge is 0.150 e. The summed E-state index contributed by atoms with van der Waals surface area (Å²) >= 11 is 0. The van der Waals surface area contributed by atoms with Crippen LogP contribution in [0.2, 0.25) is 0 Å². The largest absolute Gasteiger partial charge is 0.298 e. The van der Waals surface area contributed by atoms with Crippen molar-refractivity contribution in [2.75, 3.05) is 0 Å². The lowest BCUT2D eigenvalue weighted by Gasteiger charge is -1.98. The molecule has 0 fully saturated rings. The number of rotatable bonds is 7. The summed E-state index contributed by atoms with van der Waals surface area (Å²) in [6.07, 6.45) is 8.27. The maximum atomic E-state index is 10.3. The molecule has 0 heterocycles. The van der Waals surface area contributed by atoms with Crippen molar-refractivity contribution < 1.29 is 4.79 Å². The zero-order valence-corrected chi connectivity index (χ0v) is 13.9. The first-order valence-electron chi connectivity index (χ1n) is 8.38. The van der Waals surface area contributed by atoms with E-state index in [2.05, 4.69) is 44.2 Å². The number of benzene rings is 2. The van der Waals surface area contributed by atoms with Crippen molar-refractivity contribution in [3.05, 3.63) is 71.3 Å². The second-order valence-corrected chi connectivity index (χ2v) is 5.55. The molecular formula is C21H28O. The molecule has 0 saturated carbocycles. The molecule has 0 aliphatic carbocycles. The maximum absolute atomic E-state index is 10.3. The minimum atomic E-state index is 0.759. The SMILES string of the molecule is CCCCc1ccc(C=O)cc1.CCCCc1ccccc1. The number of aryl methyl sites for hydroxylation is 2. The second kappa shape index (κ2) is 11.7. The fourth-order valence-electron chi connectivity index (χ4n) is 2.17. The van der Waals surface area contributed by atoms with Gasteiger partial charge < -0.3 is 0 Å². The molecule has 0 bridgehead atoms. The van der Waals surface area contributed by atoms with Crippen molar-refractivity contribution in [3.63, 3.8) is 0 Å². The highest BCUT2D eigenvalue weighted by molar-refractivity contribution is 5.74. The van der Waals surface area contributed by atoms with Crippen molar-refractivity contribution >= 4 is 6.29 Å². The molecule has 1 nitrogen and oxygen atoms in total. The van der Waals surface area contributed by atoms with Crippen molar-refractivity contribution in [1.29, 1.82) is 0 Å². The summed E-state index contributed by atoms with van der Waals surface area (Å²) in [6.45, 7) is 4.41. The van der Waals surface area contributed by atoms with Gasteiger partial charge in [0.1, 0.15) is 6.29 Å². The molecule has 2 aromatic rings. The van der Waals surface area contributed by atoms with E-state index in [0.717, 1.165) is 18.3 Å². The Hall–Kier alpha value is -1.89. The van der Waals surface area contributed by atoms with Crippen molar-refractivity contribution in [3.8, 4) is 0 Å². The summed E-state index contributed by atoms with van der Waals surface area (Å²) in [5.41, 5.74) is 3.54. The number of carbonyl (C=O) groups excluding carboxylic acids is 1. The number of hydrogen-bond acceptors (Lipinski definition) is 1. The average molecular weight is 296 g/mol. The molecule has 1 heteroatoms. The molecule has 0 aliphatic rings. The van der Waals surface area contributed by atoms with E-state index < -0.39 is 0 Å². The van der Waals surface area contributed by atoms with Crippen LogP contribution in [0, 0.1) is 0 Å². The first-order valence-corrected chi connectivity index (χ1v) is 8.38. The molecule has 0 aromatic heterocycles. The molecule has 0 amide bonds. The first kappa shape index (κ1) is 18.2. The van der Waals surface area contributed by atoms with Gasteiger partial charge in [-0.1, -0.05) is 81.3 Å². The molecule has 0 atom stereocenters. The molecule has 0 aliphatic heterocycles. The monoisotopic (exact) mass is 296 g/mol. The van der Waals surface area contributed by atoms with Crippen LogP contribution in [0.1, 0.15) is 61.0 Å². The molecule has 2 rings (SSSR count). The van der Waals surface area contributed by atoms with Gasteiger partial charge in [0.15, 0.2) is 0 Å². The number of carbonyl (C=O) groups is 1. The highest BCUT2D eigenvalue weighted by Crippen LogP contribution is 2.06. The van der Waals surface area contributed by atoms with Gasteiger partial charge in [-0.2, -0.15) is 0 Å². The van der Waals surface area contributed by atoms with Gasteiger partial charge in [0.25, 0.3) is 0 Å². The molecule has 0 radical (unpaired) electrons. The zero-order chi connectivity index (χ0) is 16.0. The normalized spacial score (nSPS) is 9.73. The minimum absolute atomic E-state index is 0.759. The van der Waals surface area contributed by atoms with Crippen molar-refractivity contribution in [1.82, 2.24) is 0 Å². The van der Waals surface area contributed by atoms with Crippen LogP contribution in [-0.2, 0) is 12.8 Å². The predicted octanol–water partition coefficient (Wildman–Crippen LogP) is 5.87. The summed E-state index contributed by atoms with van der Waals surface area (Å²) < 4.78 is 0. The third-order valence-electron chi connectivity index (χ3n) is 3.60.